The molecule has 0 saturated carbocycles. The van der Waals surface area contributed by atoms with Gasteiger partial charge in [-0.05, 0) is 37.7 Å². The molecule has 1 saturated heterocycles. The predicted octanol–water partition coefficient (Wildman–Crippen LogP) is 1.71. The second-order valence-corrected chi connectivity index (χ2v) is 6.54. The molecule has 0 aromatic heterocycles. The van der Waals surface area contributed by atoms with E-state index in [-0.39, 0.29) is 0 Å². The van der Waals surface area contributed by atoms with Gasteiger partial charge in [-0.25, -0.2) is 0 Å². The van der Waals surface area contributed by atoms with Gasteiger partial charge >= 0.3 is 0 Å². The first-order valence-electron chi connectivity index (χ1n) is 7.28. The molecule has 2 rings (SSSR count). The van der Waals surface area contributed by atoms with Gasteiger partial charge in [-0.1, -0.05) is 25.2 Å². The van der Waals surface area contributed by atoms with Gasteiger partial charge in [-0.2, -0.15) is 0 Å². The summed E-state index contributed by atoms with van der Waals surface area (Å²) >= 11 is 5.04. The summed E-state index contributed by atoms with van der Waals surface area (Å²) < 4.78 is 5.40. The molecule has 116 valence electrons. The molecule has 0 amide bonds. The third-order valence-electron chi connectivity index (χ3n) is 4.25. The highest BCUT2D eigenvalue weighted by molar-refractivity contribution is 7.80. The van der Waals surface area contributed by atoms with Crippen molar-refractivity contribution in [3.63, 3.8) is 0 Å². The summed E-state index contributed by atoms with van der Waals surface area (Å²) in [5.74, 6) is 1.45. The monoisotopic (exact) mass is 307 g/mol. The number of methoxy groups -OCH3 is 1. The molecule has 1 fully saturated rings. The Morgan fingerprint density at radius 3 is 2.67 bits per heavy atom. The Morgan fingerprint density at radius 1 is 1.43 bits per heavy atom. The maximum absolute atomic E-state index is 5.71. The molecular weight excluding hydrogens is 282 g/mol. The van der Waals surface area contributed by atoms with Crippen molar-refractivity contribution in [3.8, 4) is 5.75 Å². The molecule has 21 heavy (non-hydrogen) atoms. The number of ether oxygens (including phenoxy) is 1. The van der Waals surface area contributed by atoms with Crippen LogP contribution in [-0.4, -0.2) is 55.1 Å². The number of nitrogens with two attached hydrogens (primary N) is 1. The van der Waals surface area contributed by atoms with E-state index in [4.69, 9.17) is 22.7 Å². The van der Waals surface area contributed by atoms with Gasteiger partial charge in [0.2, 0.25) is 0 Å². The van der Waals surface area contributed by atoms with Gasteiger partial charge in [0.15, 0.2) is 0 Å². The van der Waals surface area contributed by atoms with E-state index in [1.54, 1.807) is 7.11 Å². The summed E-state index contributed by atoms with van der Waals surface area (Å²) in [7, 11) is 5.97. The molecule has 0 radical (unpaired) electrons. The van der Waals surface area contributed by atoms with Crippen molar-refractivity contribution in [3.05, 3.63) is 29.3 Å². The number of hydrogen-bond acceptors (Lipinski definition) is 4. The largest absolute Gasteiger partial charge is 0.496 e. The lowest BCUT2D eigenvalue weighted by Gasteiger charge is -2.22. The smallest absolute Gasteiger partial charge is 0.129 e. The Morgan fingerprint density at radius 2 is 2.14 bits per heavy atom. The van der Waals surface area contributed by atoms with Gasteiger partial charge < -0.3 is 15.4 Å². The average Bonchev–Trinajstić information content (AvgIpc) is 2.79. The summed E-state index contributed by atoms with van der Waals surface area (Å²) in [4.78, 5) is 5.19. The molecular formula is C16H25N3OS. The van der Waals surface area contributed by atoms with Crippen molar-refractivity contribution < 1.29 is 4.74 Å². The number of likely N-dealkylation sites (N-methyl/N-ethyl adjacent to an activating group) is 1. The molecule has 1 heterocycles. The van der Waals surface area contributed by atoms with Gasteiger partial charge in [0, 0.05) is 25.7 Å². The molecule has 1 aromatic rings. The van der Waals surface area contributed by atoms with Crippen LogP contribution in [-0.2, 0) is 6.54 Å². The SMILES string of the molecule is COc1cc(CN2CC(C)C(N(C)C)C2)ccc1C(N)=S. The summed E-state index contributed by atoms with van der Waals surface area (Å²) in [5.41, 5.74) is 7.75. The molecule has 0 aliphatic carbocycles. The van der Waals surface area contributed by atoms with Crippen LogP contribution in [0.5, 0.6) is 5.75 Å². The number of hydrogen-bond donors (Lipinski definition) is 1. The van der Waals surface area contributed by atoms with Gasteiger partial charge in [0.1, 0.15) is 10.7 Å². The first kappa shape index (κ1) is 16.2. The topological polar surface area (TPSA) is 41.7 Å². The first-order valence-corrected chi connectivity index (χ1v) is 7.68. The van der Waals surface area contributed by atoms with Crippen molar-refractivity contribution in [1.82, 2.24) is 9.80 Å². The third kappa shape index (κ3) is 3.73. The quantitative estimate of drug-likeness (QED) is 0.839. The second-order valence-electron chi connectivity index (χ2n) is 6.10. The van der Waals surface area contributed by atoms with Crippen molar-refractivity contribution in [1.29, 1.82) is 0 Å². The third-order valence-corrected chi connectivity index (χ3v) is 4.47. The van der Waals surface area contributed by atoms with E-state index in [1.807, 2.05) is 12.1 Å². The first-order chi connectivity index (χ1) is 9.92. The Kier molecular flexibility index (Phi) is 5.19. The Balaban J connectivity index is 2.09. The standard InChI is InChI=1S/C16H25N3OS/c1-11-8-19(10-14(11)18(2)3)9-12-5-6-13(16(17)21)15(7-12)20-4/h5-7,11,14H,8-10H2,1-4H3,(H2,17,21). The normalized spacial score (nSPS) is 22.7. The molecule has 2 unspecified atom stereocenters. The molecule has 2 atom stereocenters. The Labute approximate surface area is 132 Å². The fraction of sp³-hybridized carbons (Fsp3) is 0.562. The highest BCUT2D eigenvalue weighted by atomic mass is 32.1. The lowest BCUT2D eigenvalue weighted by atomic mass is 10.1. The van der Waals surface area contributed by atoms with Gasteiger partial charge in [0.25, 0.3) is 0 Å². The zero-order valence-corrected chi connectivity index (χ0v) is 14.1. The highest BCUT2D eigenvalue weighted by Gasteiger charge is 2.30. The second kappa shape index (κ2) is 6.73. The van der Waals surface area contributed by atoms with Crippen LogP contribution in [0.15, 0.2) is 18.2 Å². The minimum Gasteiger partial charge on any atom is -0.496 e. The van der Waals surface area contributed by atoms with E-state index in [9.17, 15) is 0 Å². The van der Waals surface area contributed by atoms with E-state index < -0.39 is 0 Å². The van der Waals surface area contributed by atoms with Crippen LogP contribution in [0.2, 0.25) is 0 Å². The van der Waals surface area contributed by atoms with Gasteiger partial charge in [0.05, 0.1) is 12.7 Å². The fourth-order valence-electron chi connectivity index (χ4n) is 3.15. The molecule has 2 N–H and O–H groups in total. The molecule has 4 nitrogen and oxygen atoms in total. The predicted molar refractivity (Wildman–Crippen MR) is 90.8 cm³/mol. The van der Waals surface area contributed by atoms with Crippen LogP contribution >= 0.6 is 12.2 Å². The highest BCUT2D eigenvalue weighted by Crippen LogP contribution is 2.25. The summed E-state index contributed by atoms with van der Waals surface area (Å²) in [6.07, 6.45) is 0. The minimum atomic E-state index is 0.376. The van der Waals surface area contributed by atoms with Gasteiger partial charge in [-0.15, -0.1) is 0 Å². The number of thiocarbonyl (C=S) groups is 1. The number of benzene rings is 1. The average molecular weight is 307 g/mol. The van der Waals surface area contributed by atoms with Crippen LogP contribution in [0.3, 0.4) is 0 Å². The zero-order valence-electron chi connectivity index (χ0n) is 13.3. The number of rotatable bonds is 5. The summed E-state index contributed by atoms with van der Waals surface area (Å²) in [5, 5.41) is 0. The molecule has 1 aliphatic rings. The molecule has 0 bridgehead atoms. The van der Waals surface area contributed by atoms with Crippen LogP contribution in [0, 0.1) is 5.92 Å². The maximum atomic E-state index is 5.71. The molecule has 1 aromatic carbocycles. The Hall–Kier alpha value is -1.17. The van der Waals surface area contributed by atoms with Crippen molar-refractivity contribution >= 4 is 17.2 Å². The number of likely N-dealkylation sites (tertiary alicyclic amines) is 1. The fourth-order valence-corrected chi connectivity index (χ4v) is 3.31. The van der Waals surface area contributed by atoms with E-state index in [0.29, 0.717) is 16.9 Å². The lowest BCUT2D eigenvalue weighted by molar-refractivity contribution is 0.250. The van der Waals surface area contributed by atoms with E-state index in [0.717, 1.165) is 30.9 Å². The molecule has 1 aliphatic heterocycles. The van der Waals surface area contributed by atoms with E-state index >= 15 is 0 Å². The lowest BCUT2D eigenvalue weighted by Crippen LogP contribution is -2.34. The van der Waals surface area contributed by atoms with Crippen LogP contribution in [0.1, 0.15) is 18.1 Å². The Bertz CT molecular complexity index is 518. The van der Waals surface area contributed by atoms with Crippen LogP contribution in [0.4, 0.5) is 0 Å². The summed E-state index contributed by atoms with van der Waals surface area (Å²) in [6, 6.07) is 6.72. The van der Waals surface area contributed by atoms with Crippen molar-refractivity contribution in [2.24, 2.45) is 11.7 Å². The molecule has 0 spiro atoms. The van der Waals surface area contributed by atoms with E-state index in [2.05, 4.69) is 36.9 Å². The minimum absolute atomic E-state index is 0.376. The summed E-state index contributed by atoms with van der Waals surface area (Å²) in [6.45, 7) is 5.49. The van der Waals surface area contributed by atoms with Crippen molar-refractivity contribution in [2.75, 3.05) is 34.3 Å². The maximum Gasteiger partial charge on any atom is 0.129 e. The van der Waals surface area contributed by atoms with Crippen LogP contribution < -0.4 is 10.5 Å². The van der Waals surface area contributed by atoms with Crippen molar-refractivity contribution in [2.45, 2.75) is 19.5 Å². The zero-order chi connectivity index (χ0) is 15.6. The molecule has 5 heteroatoms. The van der Waals surface area contributed by atoms with E-state index in [1.165, 1.54) is 5.56 Å². The van der Waals surface area contributed by atoms with Gasteiger partial charge in [-0.3, -0.25) is 4.90 Å². The number of nitrogens with zero attached hydrogens (tertiary/aromatic N) is 2. The van der Waals surface area contributed by atoms with Crippen LogP contribution in [0.25, 0.3) is 0 Å².